The zero-order chi connectivity index (χ0) is 19.6. The van der Waals surface area contributed by atoms with Gasteiger partial charge in [0.1, 0.15) is 0 Å². The van der Waals surface area contributed by atoms with Crippen LogP contribution in [0.3, 0.4) is 0 Å². The van der Waals surface area contributed by atoms with Crippen molar-refractivity contribution in [2.75, 3.05) is 26.2 Å². The fraction of sp³-hybridized carbons (Fsp3) is 0.500. The number of ether oxygens (including phenoxy) is 1. The molecule has 144 valence electrons. The number of aryl methyl sites for hydroxylation is 1. The van der Waals surface area contributed by atoms with Gasteiger partial charge in [-0.3, -0.25) is 24.1 Å². The monoisotopic (exact) mass is 372 g/mol. The summed E-state index contributed by atoms with van der Waals surface area (Å²) in [6, 6.07) is 5.15. The van der Waals surface area contributed by atoms with Crippen LogP contribution in [0.5, 0.6) is 0 Å². The van der Waals surface area contributed by atoms with Crippen LogP contribution in [-0.4, -0.2) is 59.7 Å². The summed E-state index contributed by atoms with van der Waals surface area (Å²) in [6.07, 6.45) is 1.50. The first-order valence-corrected chi connectivity index (χ1v) is 9.33. The smallest absolute Gasteiger partial charge is 0.310 e. The van der Waals surface area contributed by atoms with Crippen molar-refractivity contribution in [3.8, 4) is 0 Å². The summed E-state index contributed by atoms with van der Waals surface area (Å²) in [5, 5.41) is 0. The van der Waals surface area contributed by atoms with Gasteiger partial charge in [0, 0.05) is 26.1 Å². The fourth-order valence-electron chi connectivity index (χ4n) is 3.63. The van der Waals surface area contributed by atoms with E-state index in [9.17, 15) is 19.2 Å². The van der Waals surface area contributed by atoms with Crippen LogP contribution in [0.1, 0.15) is 52.5 Å². The molecule has 0 aliphatic carbocycles. The van der Waals surface area contributed by atoms with Gasteiger partial charge in [-0.1, -0.05) is 11.6 Å². The van der Waals surface area contributed by atoms with Crippen LogP contribution < -0.4 is 0 Å². The molecule has 2 heterocycles. The highest BCUT2D eigenvalue weighted by Crippen LogP contribution is 2.24. The maximum Gasteiger partial charge on any atom is 0.310 e. The number of hydrogen-bond donors (Lipinski definition) is 0. The number of amides is 3. The van der Waals surface area contributed by atoms with Crippen LogP contribution in [0, 0.1) is 12.8 Å². The molecule has 2 aliphatic heterocycles. The zero-order valence-corrected chi connectivity index (χ0v) is 15.7. The Bertz CT molecular complexity index is 789. The lowest BCUT2D eigenvalue weighted by Gasteiger charge is -2.32. The molecule has 27 heavy (non-hydrogen) atoms. The van der Waals surface area contributed by atoms with Crippen molar-refractivity contribution in [3.05, 3.63) is 34.9 Å². The third-order valence-electron chi connectivity index (χ3n) is 5.07. The van der Waals surface area contributed by atoms with E-state index in [1.807, 2.05) is 6.92 Å². The number of carbonyl (C=O) groups excluding carboxylic acids is 4. The second kappa shape index (κ2) is 7.90. The predicted molar refractivity (Wildman–Crippen MR) is 97.1 cm³/mol. The number of rotatable bonds is 5. The molecule has 0 N–H and O–H groups in total. The summed E-state index contributed by atoms with van der Waals surface area (Å²) in [5.74, 6) is -1.44. The molecule has 0 spiro atoms. The third kappa shape index (κ3) is 3.86. The van der Waals surface area contributed by atoms with E-state index in [4.69, 9.17) is 4.74 Å². The summed E-state index contributed by atoms with van der Waals surface area (Å²) in [5.41, 5.74) is 1.69. The first-order valence-electron chi connectivity index (χ1n) is 9.33. The number of piperidine rings is 1. The summed E-state index contributed by atoms with van der Waals surface area (Å²) < 4.78 is 5.05. The summed E-state index contributed by atoms with van der Waals surface area (Å²) in [7, 11) is 0. The average molecular weight is 372 g/mol. The maximum atomic E-state index is 12.5. The zero-order valence-electron chi connectivity index (χ0n) is 15.7. The molecule has 3 amide bonds. The molecule has 0 bridgehead atoms. The van der Waals surface area contributed by atoms with E-state index in [0.29, 0.717) is 37.2 Å². The van der Waals surface area contributed by atoms with Crippen molar-refractivity contribution in [3.63, 3.8) is 0 Å². The Kier molecular flexibility index (Phi) is 5.58. The van der Waals surface area contributed by atoms with E-state index in [1.165, 1.54) is 0 Å². The van der Waals surface area contributed by atoms with Gasteiger partial charge in [0.25, 0.3) is 11.8 Å². The number of benzene rings is 1. The van der Waals surface area contributed by atoms with Crippen molar-refractivity contribution >= 4 is 23.7 Å². The molecule has 2 aliphatic rings. The van der Waals surface area contributed by atoms with E-state index in [-0.39, 0.29) is 42.6 Å². The number of carbonyl (C=O) groups is 4. The number of esters is 1. The normalized spacial score (nSPS) is 19.3. The molecule has 0 aromatic heterocycles. The molecule has 0 radical (unpaired) electrons. The molecular formula is C20H24N2O5. The van der Waals surface area contributed by atoms with Crippen LogP contribution in [0.4, 0.5) is 0 Å². The van der Waals surface area contributed by atoms with Crippen molar-refractivity contribution in [1.82, 2.24) is 9.80 Å². The van der Waals surface area contributed by atoms with Gasteiger partial charge in [-0.05, 0) is 38.8 Å². The highest BCUT2D eigenvalue weighted by molar-refractivity contribution is 6.21. The minimum absolute atomic E-state index is 0.0464. The number of imide groups is 1. The first-order chi connectivity index (χ1) is 12.9. The largest absolute Gasteiger partial charge is 0.466 e. The summed E-state index contributed by atoms with van der Waals surface area (Å²) >= 11 is 0. The van der Waals surface area contributed by atoms with Crippen molar-refractivity contribution in [2.24, 2.45) is 5.92 Å². The van der Waals surface area contributed by atoms with Crippen LogP contribution in [0.25, 0.3) is 0 Å². The van der Waals surface area contributed by atoms with E-state index < -0.39 is 0 Å². The minimum atomic E-state index is -0.356. The molecule has 1 unspecified atom stereocenters. The van der Waals surface area contributed by atoms with Gasteiger partial charge < -0.3 is 9.64 Å². The van der Waals surface area contributed by atoms with E-state index in [2.05, 4.69) is 0 Å². The highest BCUT2D eigenvalue weighted by Gasteiger charge is 2.36. The van der Waals surface area contributed by atoms with Crippen LogP contribution in [0.2, 0.25) is 0 Å². The second-order valence-electron chi connectivity index (χ2n) is 6.99. The van der Waals surface area contributed by atoms with E-state index >= 15 is 0 Å². The molecular weight excluding hydrogens is 348 g/mol. The van der Waals surface area contributed by atoms with Crippen LogP contribution in [-0.2, 0) is 14.3 Å². The van der Waals surface area contributed by atoms with Crippen LogP contribution in [0.15, 0.2) is 18.2 Å². The number of nitrogens with zero attached hydrogens (tertiary/aromatic N) is 2. The highest BCUT2D eigenvalue weighted by atomic mass is 16.5. The number of fused-ring (bicyclic) bond motifs is 1. The van der Waals surface area contributed by atoms with Crippen LogP contribution >= 0.6 is 0 Å². The second-order valence-corrected chi connectivity index (χ2v) is 6.99. The molecule has 3 rings (SSSR count). The number of hydrogen-bond acceptors (Lipinski definition) is 5. The Morgan fingerprint density at radius 1 is 1.19 bits per heavy atom. The van der Waals surface area contributed by atoms with Gasteiger partial charge in [0.05, 0.1) is 23.7 Å². The van der Waals surface area contributed by atoms with Gasteiger partial charge in [-0.2, -0.15) is 0 Å². The average Bonchev–Trinajstić information content (AvgIpc) is 2.90. The summed E-state index contributed by atoms with van der Waals surface area (Å²) in [6.45, 7) is 4.90. The van der Waals surface area contributed by atoms with Gasteiger partial charge >= 0.3 is 5.97 Å². The molecule has 1 atom stereocenters. The first kappa shape index (κ1) is 19.1. The molecule has 7 nitrogen and oxygen atoms in total. The Morgan fingerprint density at radius 2 is 1.93 bits per heavy atom. The topological polar surface area (TPSA) is 84.0 Å². The Balaban J connectivity index is 1.59. The molecule has 7 heteroatoms. The van der Waals surface area contributed by atoms with Gasteiger partial charge in [-0.25, -0.2) is 0 Å². The minimum Gasteiger partial charge on any atom is -0.466 e. The Hall–Kier alpha value is -2.70. The van der Waals surface area contributed by atoms with Crippen molar-refractivity contribution < 1.29 is 23.9 Å². The van der Waals surface area contributed by atoms with Crippen molar-refractivity contribution in [1.29, 1.82) is 0 Å². The Morgan fingerprint density at radius 3 is 2.67 bits per heavy atom. The number of likely N-dealkylation sites (tertiary alicyclic amines) is 1. The molecule has 0 saturated carbocycles. The molecule has 1 fully saturated rings. The van der Waals surface area contributed by atoms with E-state index in [1.54, 1.807) is 30.0 Å². The lowest BCUT2D eigenvalue weighted by atomic mass is 9.98. The fourth-order valence-corrected chi connectivity index (χ4v) is 3.63. The Labute approximate surface area is 158 Å². The lowest BCUT2D eigenvalue weighted by molar-refractivity contribution is -0.151. The van der Waals surface area contributed by atoms with E-state index in [0.717, 1.165) is 16.9 Å². The summed E-state index contributed by atoms with van der Waals surface area (Å²) in [4.78, 5) is 52.1. The molecule has 1 saturated heterocycles. The standard InChI is InChI=1S/C20H24N2O5/c1-3-27-20(26)14-5-4-9-21(12-14)17(23)8-10-22-18(24)15-7-6-13(2)11-16(15)19(22)25/h6-7,11,14H,3-5,8-10,12H2,1-2H3. The maximum absolute atomic E-state index is 12.5. The van der Waals surface area contributed by atoms with Crippen molar-refractivity contribution in [2.45, 2.75) is 33.1 Å². The third-order valence-corrected chi connectivity index (χ3v) is 5.07. The molecule has 1 aromatic rings. The quantitative estimate of drug-likeness (QED) is 0.581. The molecule has 1 aromatic carbocycles. The SMILES string of the molecule is CCOC(=O)C1CCCN(C(=O)CCN2C(=O)c3ccc(C)cc3C2=O)C1. The van der Waals surface area contributed by atoms with Gasteiger partial charge in [0.15, 0.2) is 0 Å². The predicted octanol–water partition coefficient (Wildman–Crippen LogP) is 1.78. The lowest BCUT2D eigenvalue weighted by Crippen LogP contribution is -2.44. The van der Waals surface area contributed by atoms with Gasteiger partial charge in [-0.15, -0.1) is 0 Å². The van der Waals surface area contributed by atoms with Gasteiger partial charge in [0.2, 0.25) is 5.91 Å².